The first kappa shape index (κ1) is 16.3. The summed E-state index contributed by atoms with van der Waals surface area (Å²) in [6.45, 7) is 5.13. The highest BCUT2D eigenvalue weighted by Gasteiger charge is 2.35. The summed E-state index contributed by atoms with van der Waals surface area (Å²) in [5.74, 6) is -0.987. The van der Waals surface area contributed by atoms with E-state index in [2.05, 4.69) is 5.32 Å². The normalized spacial score (nSPS) is 18.1. The SMILES string of the molecule is COC(=O)C1=C(C)NC(C)=C(C(C)=O)C1c1ccc(Cl)cc1. The van der Waals surface area contributed by atoms with Crippen molar-refractivity contribution >= 4 is 23.4 Å². The van der Waals surface area contributed by atoms with Gasteiger partial charge in [0.25, 0.3) is 0 Å². The highest BCUT2D eigenvalue weighted by Crippen LogP contribution is 2.39. The van der Waals surface area contributed by atoms with Crippen LogP contribution in [-0.4, -0.2) is 18.9 Å². The maximum Gasteiger partial charge on any atom is 0.336 e. The van der Waals surface area contributed by atoms with Crippen molar-refractivity contribution in [2.24, 2.45) is 0 Å². The van der Waals surface area contributed by atoms with Crippen molar-refractivity contribution in [3.63, 3.8) is 0 Å². The molecule has 1 aromatic carbocycles. The standard InChI is InChI=1S/C17H18ClNO3/c1-9-14(11(3)20)16(12-5-7-13(18)8-6-12)15(10(2)19-9)17(21)22-4/h5-8,16,19H,1-4H3. The van der Waals surface area contributed by atoms with Crippen LogP contribution in [0.5, 0.6) is 0 Å². The van der Waals surface area contributed by atoms with E-state index in [0.717, 1.165) is 11.3 Å². The number of dihydropyridines is 1. The number of ether oxygens (including phenoxy) is 1. The maximum absolute atomic E-state index is 12.2. The third-order valence-electron chi connectivity index (χ3n) is 3.75. The molecule has 1 N–H and O–H groups in total. The molecular formula is C17H18ClNO3. The van der Waals surface area contributed by atoms with Gasteiger partial charge < -0.3 is 10.1 Å². The quantitative estimate of drug-likeness (QED) is 0.868. The Balaban J connectivity index is 2.66. The molecule has 0 bridgehead atoms. The number of hydrogen-bond donors (Lipinski definition) is 1. The average Bonchev–Trinajstić information content (AvgIpc) is 2.46. The second kappa shape index (κ2) is 6.36. The van der Waals surface area contributed by atoms with Gasteiger partial charge in [-0.25, -0.2) is 4.79 Å². The van der Waals surface area contributed by atoms with Gasteiger partial charge in [0.05, 0.1) is 12.7 Å². The first-order chi connectivity index (χ1) is 10.4. The molecule has 0 aromatic heterocycles. The second-order valence-corrected chi connectivity index (χ2v) is 5.67. The van der Waals surface area contributed by atoms with Gasteiger partial charge in [0.15, 0.2) is 5.78 Å². The topological polar surface area (TPSA) is 55.4 Å². The zero-order valence-electron chi connectivity index (χ0n) is 13.0. The van der Waals surface area contributed by atoms with Crippen molar-refractivity contribution in [1.82, 2.24) is 5.32 Å². The van der Waals surface area contributed by atoms with E-state index in [1.165, 1.54) is 14.0 Å². The number of benzene rings is 1. The molecule has 0 fully saturated rings. The van der Waals surface area contributed by atoms with E-state index < -0.39 is 11.9 Å². The van der Waals surface area contributed by atoms with Crippen molar-refractivity contribution in [2.45, 2.75) is 26.7 Å². The van der Waals surface area contributed by atoms with Gasteiger partial charge in [-0.2, -0.15) is 0 Å². The van der Waals surface area contributed by atoms with Crippen LogP contribution in [0.1, 0.15) is 32.3 Å². The minimum absolute atomic E-state index is 0.0844. The zero-order valence-corrected chi connectivity index (χ0v) is 13.7. The van der Waals surface area contributed by atoms with Gasteiger partial charge in [0, 0.05) is 27.9 Å². The molecule has 2 rings (SSSR count). The van der Waals surface area contributed by atoms with Crippen LogP contribution >= 0.6 is 11.6 Å². The molecule has 0 saturated heterocycles. The average molecular weight is 320 g/mol. The molecule has 0 saturated carbocycles. The molecule has 1 aromatic rings. The van der Waals surface area contributed by atoms with E-state index in [9.17, 15) is 9.59 Å². The van der Waals surface area contributed by atoms with Gasteiger partial charge in [0.1, 0.15) is 0 Å². The highest BCUT2D eigenvalue weighted by atomic mass is 35.5. The summed E-state index contributed by atoms with van der Waals surface area (Å²) in [7, 11) is 1.33. The summed E-state index contributed by atoms with van der Waals surface area (Å²) in [5.41, 5.74) is 3.27. The minimum Gasteiger partial charge on any atom is -0.466 e. The Labute approximate surface area is 134 Å². The fourth-order valence-electron chi connectivity index (χ4n) is 2.83. The first-order valence-electron chi connectivity index (χ1n) is 6.90. The maximum atomic E-state index is 12.2. The molecule has 0 aliphatic carbocycles. The van der Waals surface area contributed by atoms with Gasteiger partial charge >= 0.3 is 5.97 Å². The number of esters is 1. The lowest BCUT2D eigenvalue weighted by Gasteiger charge is -2.30. The number of methoxy groups -OCH3 is 1. The lowest BCUT2D eigenvalue weighted by atomic mass is 9.79. The van der Waals surface area contributed by atoms with E-state index in [4.69, 9.17) is 16.3 Å². The van der Waals surface area contributed by atoms with Crippen molar-refractivity contribution in [3.05, 3.63) is 57.4 Å². The number of allylic oxidation sites excluding steroid dienone is 3. The smallest absolute Gasteiger partial charge is 0.336 e. The van der Waals surface area contributed by atoms with E-state index in [-0.39, 0.29) is 5.78 Å². The summed E-state index contributed by atoms with van der Waals surface area (Å²) in [6.07, 6.45) is 0. The Hall–Kier alpha value is -2.07. The lowest BCUT2D eigenvalue weighted by Crippen LogP contribution is -2.30. The molecule has 4 nitrogen and oxygen atoms in total. The molecule has 1 unspecified atom stereocenters. The number of Topliss-reactive ketones (excluding diaryl/α,β-unsaturated/α-hetero) is 1. The molecule has 1 atom stereocenters. The molecule has 1 aliphatic heterocycles. The van der Waals surface area contributed by atoms with Crippen LogP contribution in [0.3, 0.4) is 0 Å². The van der Waals surface area contributed by atoms with Gasteiger partial charge in [0.2, 0.25) is 0 Å². The van der Waals surface area contributed by atoms with Crippen LogP contribution in [0.15, 0.2) is 46.8 Å². The third kappa shape index (κ3) is 2.92. The van der Waals surface area contributed by atoms with Crippen LogP contribution in [0, 0.1) is 0 Å². The number of carbonyl (C=O) groups is 2. The number of carbonyl (C=O) groups excluding carboxylic acids is 2. The molecule has 22 heavy (non-hydrogen) atoms. The van der Waals surface area contributed by atoms with E-state index in [1.807, 2.05) is 19.1 Å². The second-order valence-electron chi connectivity index (χ2n) is 5.23. The third-order valence-corrected chi connectivity index (χ3v) is 4.00. The number of hydrogen-bond acceptors (Lipinski definition) is 4. The van der Waals surface area contributed by atoms with E-state index >= 15 is 0 Å². The monoisotopic (exact) mass is 319 g/mol. The Morgan fingerprint density at radius 2 is 1.64 bits per heavy atom. The summed E-state index contributed by atoms with van der Waals surface area (Å²) >= 11 is 5.94. The summed E-state index contributed by atoms with van der Waals surface area (Å²) in [4.78, 5) is 24.3. The van der Waals surface area contributed by atoms with Crippen LogP contribution in [0.2, 0.25) is 5.02 Å². The molecule has 1 aliphatic rings. The van der Waals surface area contributed by atoms with E-state index in [0.29, 0.717) is 21.9 Å². The minimum atomic E-state index is -0.455. The molecule has 0 radical (unpaired) electrons. The molecule has 1 heterocycles. The van der Waals surface area contributed by atoms with Gasteiger partial charge in [-0.05, 0) is 38.5 Å². The Bertz CT molecular complexity index is 686. The summed E-state index contributed by atoms with van der Waals surface area (Å²) in [5, 5.41) is 3.70. The fraction of sp³-hybridized carbons (Fsp3) is 0.294. The number of ketones is 1. The number of halogens is 1. The van der Waals surface area contributed by atoms with E-state index in [1.54, 1.807) is 19.1 Å². The van der Waals surface area contributed by atoms with Gasteiger partial charge in [-0.3, -0.25) is 4.79 Å². The van der Waals surface area contributed by atoms with Crippen LogP contribution in [0.4, 0.5) is 0 Å². The van der Waals surface area contributed by atoms with Gasteiger partial charge in [-0.15, -0.1) is 0 Å². The lowest BCUT2D eigenvalue weighted by molar-refractivity contribution is -0.136. The predicted molar refractivity (Wildman–Crippen MR) is 85.4 cm³/mol. The zero-order chi connectivity index (χ0) is 16.4. The molecule has 0 spiro atoms. The Morgan fingerprint density at radius 1 is 1.09 bits per heavy atom. The Kier molecular flexibility index (Phi) is 4.71. The van der Waals surface area contributed by atoms with Crippen LogP contribution in [0.25, 0.3) is 0 Å². The summed E-state index contributed by atoms with van der Waals surface area (Å²) < 4.78 is 4.90. The first-order valence-corrected chi connectivity index (χ1v) is 7.27. The number of rotatable bonds is 3. The molecule has 0 amide bonds. The number of nitrogens with one attached hydrogen (secondary N) is 1. The molecule has 116 valence electrons. The fourth-order valence-corrected chi connectivity index (χ4v) is 2.96. The largest absolute Gasteiger partial charge is 0.466 e. The highest BCUT2D eigenvalue weighted by molar-refractivity contribution is 6.30. The molecular weight excluding hydrogens is 302 g/mol. The molecule has 5 heteroatoms. The van der Waals surface area contributed by atoms with Crippen molar-refractivity contribution in [1.29, 1.82) is 0 Å². The van der Waals surface area contributed by atoms with Crippen molar-refractivity contribution in [3.8, 4) is 0 Å². The van der Waals surface area contributed by atoms with Gasteiger partial charge in [-0.1, -0.05) is 23.7 Å². The van der Waals surface area contributed by atoms with Crippen molar-refractivity contribution < 1.29 is 14.3 Å². The predicted octanol–water partition coefficient (Wildman–Crippen LogP) is 3.34. The summed E-state index contributed by atoms with van der Waals surface area (Å²) in [6, 6.07) is 7.14. The van der Waals surface area contributed by atoms with Crippen molar-refractivity contribution in [2.75, 3.05) is 7.11 Å². The van der Waals surface area contributed by atoms with Crippen LogP contribution < -0.4 is 5.32 Å². The Morgan fingerprint density at radius 3 is 2.14 bits per heavy atom. The van der Waals surface area contributed by atoms with Crippen LogP contribution in [-0.2, 0) is 14.3 Å².